The van der Waals surface area contributed by atoms with Gasteiger partial charge < -0.3 is 10.4 Å². The summed E-state index contributed by atoms with van der Waals surface area (Å²) >= 11 is 1.45. The summed E-state index contributed by atoms with van der Waals surface area (Å²) in [6.07, 6.45) is 1.05. The molecule has 0 spiro atoms. The van der Waals surface area contributed by atoms with Crippen molar-refractivity contribution in [3.8, 4) is 0 Å². The third-order valence-electron chi connectivity index (χ3n) is 3.60. The Morgan fingerprint density at radius 1 is 1.29 bits per heavy atom. The average Bonchev–Trinajstić information content (AvgIpc) is 2.86. The van der Waals surface area contributed by atoms with E-state index in [4.69, 9.17) is 5.11 Å². The minimum absolute atomic E-state index is 0.0813. The highest BCUT2D eigenvalue weighted by molar-refractivity contribution is 7.10. The van der Waals surface area contributed by atoms with Crippen molar-refractivity contribution in [2.24, 2.45) is 0 Å². The molecule has 0 aliphatic heterocycles. The first-order valence-corrected chi connectivity index (χ1v) is 8.02. The fourth-order valence-corrected chi connectivity index (χ4v) is 2.93. The van der Waals surface area contributed by atoms with E-state index in [2.05, 4.69) is 10.3 Å². The second-order valence-electron chi connectivity index (χ2n) is 6.30. The van der Waals surface area contributed by atoms with Crippen molar-refractivity contribution in [2.75, 3.05) is 0 Å². The Kier molecular flexibility index (Phi) is 5.50. The molecule has 0 bridgehead atoms. The number of amides is 1. The monoisotopic (exact) mass is 312 g/mol. The van der Waals surface area contributed by atoms with Gasteiger partial charge in [0.25, 0.3) is 5.91 Å². The number of nitrogens with zero attached hydrogens (tertiary/aromatic N) is 1. The lowest BCUT2D eigenvalue weighted by Crippen LogP contribution is -2.49. The normalized spacial score (nSPS) is 12.2. The summed E-state index contributed by atoms with van der Waals surface area (Å²) in [6, 6.07) is 0. The number of aliphatic carboxylic acids is 1. The summed E-state index contributed by atoms with van der Waals surface area (Å²) in [7, 11) is 0. The van der Waals surface area contributed by atoms with Crippen LogP contribution in [-0.4, -0.2) is 27.5 Å². The zero-order chi connectivity index (χ0) is 16.3. The zero-order valence-corrected chi connectivity index (χ0v) is 14.1. The summed E-state index contributed by atoms with van der Waals surface area (Å²) in [5.41, 5.74) is -0.452. The van der Waals surface area contributed by atoms with Gasteiger partial charge in [-0.15, -0.1) is 11.3 Å². The predicted molar refractivity (Wildman–Crippen MR) is 83.8 cm³/mol. The Morgan fingerprint density at radius 2 is 1.86 bits per heavy atom. The number of hydrogen-bond donors (Lipinski definition) is 2. The molecule has 1 aromatic heterocycles. The first kappa shape index (κ1) is 17.6. The molecule has 2 N–H and O–H groups in total. The van der Waals surface area contributed by atoms with Crippen LogP contribution in [0, 0.1) is 0 Å². The Bertz CT molecular complexity index is 513. The molecule has 0 unspecified atom stereocenters. The topological polar surface area (TPSA) is 79.3 Å². The molecular weight excluding hydrogens is 288 g/mol. The minimum atomic E-state index is -0.910. The second-order valence-corrected chi connectivity index (χ2v) is 7.16. The highest BCUT2D eigenvalue weighted by atomic mass is 32.1. The van der Waals surface area contributed by atoms with Crippen molar-refractivity contribution >= 4 is 23.2 Å². The lowest BCUT2D eigenvalue weighted by atomic mass is 9.89. The number of thiazole rings is 1. The molecule has 0 saturated heterocycles. The Balaban J connectivity index is 2.92. The van der Waals surface area contributed by atoms with E-state index in [1.165, 1.54) is 11.3 Å². The van der Waals surface area contributed by atoms with Gasteiger partial charge in [0.15, 0.2) is 0 Å². The van der Waals surface area contributed by atoms with Crippen molar-refractivity contribution in [2.45, 2.75) is 64.8 Å². The number of aromatic nitrogens is 1. The fourth-order valence-electron chi connectivity index (χ4n) is 2.04. The average molecular weight is 312 g/mol. The first-order valence-electron chi connectivity index (χ1n) is 7.14. The summed E-state index contributed by atoms with van der Waals surface area (Å²) in [5, 5.41) is 14.5. The molecule has 118 valence electrons. The molecule has 5 nitrogen and oxygen atoms in total. The van der Waals surface area contributed by atoms with E-state index in [-0.39, 0.29) is 17.7 Å². The van der Waals surface area contributed by atoms with E-state index in [1.54, 1.807) is 5.38 Å². The molecule has 21 heavy (non-hydrogen) atoms. The molecule has 0 aliphatic rings. The third-order valence-corrected chi connectivity index (χ3v) is 4.87. The van der Waals surface area contributed by atoms with Crippen LogP contribution in [0.5, 0.6) is 0 Å². The molecule has 0 radical (unpaired) electrons. The highest BCUT2D eigenvalue weighted by Gasteiger charge is 2.32. The highest BCUT2D eigenvalue weighted by Crippen LogP contribution is 2.26. The van der Waals surface area contributed by atoms with Gasteiger partial charge in [-0.3, -0.25) is 9.59 Å². The lowest BCUT2D eigenvalue weighted by molar-refractivity contribution is -0.138. The van der Waals surface area contributed by atoms with Crippen molar-refractivity contribution in [3.05, 3.63) is 16.1 Å². The number of hydrogen-bond acceptors (Lipinski definition) is 4. The van der Waals surface area contributed by atoms with Gasteiger partial charge in [0.05, 0.1) is 17.0 Å². The molecule has 1 rings (SSSR count). The van der Waals surface area contributed by atoms with Crippen molar-refractivity contribution in [1.82, 2.24) is 10.3 Å². The molecule has 0 aromatic carbocycles. The molecular formula is C15H24N2O3S. The Labute approximate surface area is 129 Å². The van der Waals surface area contributed by atoms with Crippen LogP contribution in [0.3, 0.4) is 0 Å². The molecule has 6 heteroatoms. The number of carboxylic acid groups (broad SMARTS) is 1. The van der Waals surface area contributed by atoms with Crippen LogP contribution in [0.25, 0.3) is 0 Å². The van der Waals surface area contributed by atoms with E-state index in [0.717, 1.165) is 5.01 Å². The molecule has 0 saturated carbocycles. The number of carbonyl (C=O) groups is 2. The summed E-state index contributed by atoms with van der Waals surface area (Å²) in [4.78, 5) is 27.7. The standard InChI is InChI=1S/C15H24N2O3S/c1-6-15(7-2,8-11(18)19)17-12(20)10-9-21-13(16-10)14(3,4)5/h9H,6-8H2,1-5H3,(H,17,20)(H,18,19). The van der Waals surface area contributed by atoms with E-state index in [1.807, 2.05) is 34.6 Å². The van der Waals surface area contributed by atoms with E-state index in [0.29, 0.717) is 18.5 Å². The Morgan fingerprint density at radius 3 is 2.24 bits per heavy atom. The van der Waals surface area contributed by atoms with Crippen molar-refractivity contribution in [1.29, 1.82) is 0 Å². The number of rotatable bonds is 6. The molecule has 1 amide bonds. The van der Waals surface area contributed by atoms with Crippen LogP contribution in [0.2, 0.25) is 0 Å². The van der Waals surface area contributed by atoms with Gasteiger partial charge >= 0.3 is 5.97 Å². The van der Waals surface area contributed by atoms with Crippen LogP contribution in [0.1, 0.15) is 69.4 Å². The van der Waals surface area contributed by atoms with Gasteiger partial charge in [-0.05, 0) is 12.8 Å². The van der Waals surface area contributed by atoms with Gasteiger partial charge in [0.2, 0.25) is 0 Å². The van der Waals surface area contributed by atoms with E-state index < -0.39 is 11.5 Å². The maximum Gasteiger partial charge on any atom is 0.305 e. The zero-order valence-electron chi connectivity index (χ0n) is 13.3. The SMILES string of the molecule is CCC(CC)(CC(=O)O)NC(=O)c1csc(C(C)(C)C)n1. The summed E-state index contributed by atoms with van der Waals surface area (Å²) in [5.74, 6) is -1.21. The quantitative estimate of drug-likeness (QED) is 0.845. The van der Waals surface area contributed by atoms with Crippen LogP contribution in [0.15, 0.2) is 5.38 Å². The van der Waals surface area contributed by atoms with E-state index >= 15 is 0 Å². The maximum absolute atomic E-state index is 12.3. The number of carboxylic acids is 1. The predicted octanol–water partition coefficient (Wildman–Crippen LogP) is 3.20. The maximum atomic E-state index is 12.3. The molecule has 0 atom stereocenters. The lowest BCUT2D eigenvalue weighted by Gasteiger charge is -2.31. The fraction of sp³-hybridized carbons (Fsp3) is 0.667. The Hall–Kier alpha value is -1.43. The van der Waals surface area contributed by atoms with Gasteiger partial charge in [0, 0.05) is 10.8 Å². The largest absolute Gasteiger partial charge is 0.481 e. The second kappa shape index (κ2) is 6.56. The first-order chi connectivity index (χ1) is 9.63. The van der Waals surface area contributed by atoms with Crippen LogP contribution in [0.4, 0.5) is 0 Å². The van der Waals surface area contributed by atoms with E-state index in [9.17, 15) is 9.59 Å². The smallest absolute Gasteiger partial charge is 0.305 e. The van der Waals surface area contributed by atoms with Gasteiger partial charge in [-0.2, -0.15) is 0 Å². The third kappa shape index (κ3) is 4.52. The van der Waals surface area contributed by atoms with Gasteiger partial charge in [-0.25, -0.2) is 4.98 Å². The molecule has 1 aromatic rings. The minimum Gasteiger partial charge on any atom is -0.481 e. The van der Waals surface area contributed by atoms with Crippen LogP contribution < -0.4 is 5.32 Å². The summed E-state index contributed by atoms with van der Waals surface area (Å²) in [6.45, 7) is 9.89. The molecule has 0 fully saturated rings. The van der Waals surface area contributed by atoms with Crippen molar-refractivity contribution < 1.29 is 14.7 Å². The summed E-state index contributed by atoms with van der Waals surface area (Å²) < 4.78 is 0. The van der Waals surface area contributed by atoms with Gasteiger partial charge in [-0.1, -0.05) is 34.6 Å². The number of carbonyl (C=O) groups excluding carboxylic acids is 1. The van der Waals surface area contributed by atoms with Crippen LogP contribution >= 0.6 is 11.3 Å². The molecule has 0 aliphatic carbocycles. The van der Waals surface area contributed by atoms with Gasteiger partial charge in [0.1, 0.15) is 5.69 Å². The van der Waals surface area contributed by atoms with Crippen LogP contribution in [-0.2, 0) is 10.2 Å². The number of nitrogens with one attached hydrogen (secondary N) is 1. The molecule has 1 heterocycles. The van der Waals surface area contributed by atoms with Crippen molar-refractivity contribution in [3.63, 3.8) is 0 Å².